The maximum atomic E-state index is 15.4. The lowest BCUT2D eigenvalue weighted by Gasteiger charge is -2.32. The molecule has 4 aromatic heterocycles. The number of carbonyl (C=O) groups excluding carboxylic acids is 2. The zero-order valence-electron chi connectivity index (χ0n) is 32.5. The molecule has 6 aromatic rings. The number of aryl methyl sites for hydroxylation is 1. The van der Waals surface area contributed by atoms with Gasteiger partial charge in [0.1, 0.15) is 17.8 Å². The van der Waals surface area contributed by atoms with Gasteiger partial charge < -0.3 is 15.0 Å². The first kappa shape index (κ1) is 38.9. The highest BCUT2D eigenvalue weighted by atomic mass is 32.2. The molecule has 2 aliphatic heterocycles. The van der Waals surface area contributed by atoms with Crippen LogP contribution in [0, 0.1) is 5.82 Å². The minimum absolute atomic E-state index is 0.00507. The molecule has 2 aromatic carbocycles. The van der Waals surface area contributed by atoms with Gasteiger partial charge in [0.2, 0.25) is 27.5 Å². The summed E-state index contributed by atoms with van der Waals surface area (Å²) in [6.07, 6.45) is 7.31. The molecule has 0 radical (unpaired) electrons. The molecule has 0 unspecified atom stereocenters. The number of hydrogen-bond acceptors (Lipinski definition) is 12. The average molecular weight is 814 g/mol. The van der Waals surface area contributed by atoms with E-state index in [2.05, 4.69) is 58.0 Å². The van der Waals surface area contributed by atoms with Crippen molar-refractivity contribution in [3.05, 3.63) is 66.5 Å². The van der Waals surface area contributed by atoms with Crippen LogP contribution in [0.2, 0.25) is 0 Å². The van der Waals surface area contributed by atoms with E-state index in [1.54, 1.807) is 17.1 Å². The number of nitrogens with zero attached hydrogens (tertiary/aromatic N) is 10. The summed E-state index contributed by atoms with van der Waals surface area (Å²) in [5.41, 5.74) is 3.70. The maximum Gasteiger partial charge on any atom is 0.329 e. The van der Waals surface area contributed by atoms with Crippen LogP contribution in [0.3, 0.4) is 0 Å². The number of carbonyl (C=O) groups is 2. The fourth-order valence-corrected chi connectivity index (χ4v) is 8.70. The van der Waals surface area contributed by atoms with E-state index in [-0.39, 0.29) is 48.1 Å². The normalized spacial score (nSPS) is 15.9. The number of amides is 3. The molecule has 304 valence electrons. The number of fused-ring (bicyclic) bond motifs is 2. The Labute approximate surface area is 333 Å². The molecule has 3 N–H and O–H groups in total. The van der Waals surface area contributed by atoms with E-state index in [0.29, 0.717) is 40.8 Å². The standard InChI is InChI=1S/C38H44FN13O5S/c1-23(2)57-34-33(26-20-41-42-21-26)40-22-52-36(34)45-37(47-52)43-30-9-7-27(19-29(30)39)58(55,56)48(3)13-5-14-50-15-10-24(11-16-50)25-6-8-28-31(18-25)49(4)46-35(28)51-17-12-32(53)44-38(51)54/h6-9,18-24H,5,10-17H2,1-4H3,(H,41,42)(H,43,47)(H,44,53,54). The average Bonchev–Trinajstić information content (AvgIpc) is 3.95. The van der Waals surface area contributed by atoms with Crippen LogP contribution in [0.15, 0.2) is 60.0 Å². The summed E-state index contributed by atoms with van der Waals surface area (Å²) >= 11 is 0. The molecule has 0 bridgehead atoms. The molecule has 0 spiro atoms. The highest BCUT2D eigenvalue weighted by Crippen LogP contribution is 2.35. The monoisotopic (exact) mass is 813 g/mol. The highest BCUT2D eigenvalue weighted by molar-refractivity contribution is 7.89. The summed E-state index contributed by atoms with van der Waals surface area (Å²) in [4.78, 5) is 36.8. The Bertz CT molecular complexity index is 2600. The Morgan fingerprint density at radius 3 is 2.62 bits per heavy atom. The first-order valence-corrected chi connectivity index (χ1v) is 20.5. The molecule has 20 heteroatoms. The van der Waals surface area contributed by atoms with Crippen molar-refractivity contribution >= 4 is 56.0 Å². The van der Waals surface area contributed by atoms with Gasteiger partial charge in [-0.3, -0.25) is 24.8 Å². The van der Waals surface area contributed by atoms with Crippen molar-refractivity contribution in [3.63, 3.8) is 0 Å². The van der Waals surface area contributed by atoms with Crippen molar-refractivity contribution < 1.29 is 27.1 Å². The molecule has 0 saturated carbocycles. The molecule has 58 heavy (non-hydrogen) atoms. The Morgan fingerprint density at radius 2 is 1.90 bits per heavy atom. The molecule has 3 amide bonds. The van der Waals surface area contributed by atoms with Gasteiger partial charge in [-0.15, -0.1) is 5.10 Å². The van der Waals surface area contributed by atoms with E-state index in [4.69, 9.17) is 4.74 Å². The number of sulfonamides is 1. The minimum atomic E-state index is -3.96. The first-order valence-electron chi connectivity index (χ1n) is 19.1. The fraction of sp³-hybridized carbons (Fsp3) is 0.395. The summed E-state index contributed by atoms with van der Waals surface area (Å²) in [6, 6.07) is 9.49. The summed E-state index contributed by atoms with van der Waals surface area (Å²) in [7, 11) is -0.607. The third-order valence-electron chi connectivity index (χ3n) is 10.5. The molecule has 2 saturated heterocycles. The van der Waals surface area contributed by atoms with E-state index in [0.717, 1.165) is 49.4 Å². The van der Waals surface area contributed by atoms with Crippen molar-refractivity contribution in [3.8, 4) is 17.0 Å². The molecule has 0 atom stereocenters. The topological polar surface area (TPSA) is 201 Å². The minimum Gasteiger partial charge on any atom is -0.485 e. The van der Waals surface area contributed by atoms with Crippen molar-refractivity contribution in [1.82, 2.24) is 54.1 Å². The third kappa shape index (κ3) is 7.69. The number of nitrogens with one attached hydrogen (secondary N) is 3. The van der Waals surface area contributed by atoms with Crippen molar-refractivity contribution in [2.75, 3.05) is 50.0 Å². The number of piperidine rings is 1. The van der Waals surface area contributed by atoms with Crippen molar-refractivity contribution in [2.45, 2.75) is 56.4 Å². The number of anilines is 3. The molecule has 6 heterocycles. The van der Waals surface area contributed by atoms with Gasteiger partial charge in [0.25, 0.3) is 0 Å². The molecule has 2 aliphatic rings. The van der Waals surface area contributed by atoms with Crippen molar-refractivity contribution in [2.24, 2.45) is 7.05 Å². The Balaban J connectivity index is 0.852. The third-order valence-corrected chi connectivity index (χ3v) is 12.4. The molecule has 0 aliphatic carbocycles. The largest absolute Gasteiger partial charge is 0.485 e. The molecule has 2 fully saturated rings. The van der Waals surface area contributed by atoms with Gasteiger partial charge in [0.05, 0.1) is 28.4 Å². The van der Waals surface area contributed by atoms with E-state index >= 15 is 4.39 Å². The van der Waals surface area contributed by atoms with Crippen LogP contribution in [-0.4, -0.2) is 115 Å². The van der Waals surface area contributed by atoms with Crippen LogP contribution in [0.5, 0.6) is 5.75 Å². The smallest absolute Gasteiger partial charge is 0.329 e. The number of likely N-dealkylation sites (tertiary alicyclic amines) is 1. The number of rotatable bonds is 13. The number of benzene rings is 2. The number of hydrogen-bond donors (Lipinski definition) is 3. The van der Waals surface area contributed by atoms with Gasteiger partial charge in [0, 0.05) is 50.8 Å². The van der Waals surface area contributed by atoms with Gasteiger partial charge in [-0.1, -0.05) is 6.07 Å². The zero-order valence-corrected chi connectivity index (χ0v) is 33.3. The van der Waals surface area contributed by atoms with Gasteiger partial charge in [0.15, 0.2) is 11.6 Å². The highest BCUT2D eigenvalue weighted by Gasteiger charge is 2.29. The zero-order chi connectivity index (χ0) is 40.7. The molecule has 8 rings (SSSR count). The van der Waals surface area contributed by atoms with Gasteiger partial charge in [-0.2, -0.15) is 19.7 Å². The Kier molecular flexibility index (Phi) is 10.6. The molecular formula is C38H44FN13O5S. The fourth-order valence-electron chi connectivity index (χ4n) is 7.48. The van der Waals surface area contributed by atoms with E-state index in [1.807, 2.05) is 27.0 Å². The lowest BCUT2D eigenvalue weighted by atomic mass is 9.89. The quantitative estimate of drug-likeness (QED) is 0.149. The summed E-state index contributed by atoms with van der Waals surface area (Å²) in [5, 5.41) is 21.8. The SMILES string of the molecule is CC(C)Oc1c(-c2cn[nH]c2)ncn2nc(Nc3ccc(S(=O)(=O)N(C)CCCN4CCC(c5ccc6c(N7CCC(=O)NC7=O)nn(C)c6c5)CC4)cc3F)nc12. The van der Waals surface area contributed by atoms with Crippen LogP contribution in [0.1, 0.15) is 51.0 Å². The predicted octanol–water partition coefficient (Wildman–Crippen LogP) is 4.41. The number of aromatic nitrogens is 8. The Morgan fingerprint density at radius 1 is 1.09 bits per heavy atom. The molecular weight excluding hydrogens is 770 g/mol. The maximum absolute atomic E-state index is 15.4. The predicted molar refractivity (Wildman–Crippen MR) is 213 cm³/mol. The van der Waals surface area contributed by atoms with Crippen LogP contribution < -0.4 is 20.3 Å². The molecule has 18 nitrogen and oxygen atoms in total. The lowest BCUT2D eigenvalue weighted by molar-refractivity contribution is -0.120. The second-order valence-corrected chi connectivity index (χ2v) is 16.9. The number of halogens is 1. The number of imide groups is 1. The summed E-state index contributed by atoms with van der Waals surface area (Å²) in [5.74, 6) is 0.287. The van der Waals surface area contributed by atoms with Crippen molar-refractivity contribution in [1.29, 1.82) is 0 Å². The number of ether oxygens (including phenoxy) is 1. The van der Waals surface area contributed by atoms with Crippen LogP contribution in [-0.2, 0) is 21.9 Å². The van der Waals surface area contributed by atoms with E-state index in [9.17, 15) is 18.0 Å². The van der Waals surface area contributed by atoms with Gasteiger partial charge in [-0.25, -0.2) is 26.9 Å². The van der Waals surface area contributed by atoms with Gasteiger partial charge in [-0.05, 0) is 94.6 Å². The number of H-pyrrole nitrogens is 1. The number of urea groups is 1. The lowest BCUT2D eigenvalue weighted by Crippen LogP contribution is -2.49. The second kappa shape index (κ2) is 15.7. The number of aromatic amines is 1. The van der Waals surface area contributed by atoms with E-state index in [1.165, 1.54) is 44.8 Å². The van der Waals surface area contributed by atoms with Crippen LogP contribution in [0.4, 0.5) is 26.6 Å². The summed E-state index contributed by atoms with van der Waals surface area (Å²) < 4.78 is 52.9. The summed E-state index contributed by atoms with van der Waals surface area (Å²) in [6.45, 7) is 6.77. The van der Waals surface area contributed by atoms with Crippen LogP contribution in [0.25, 0.3) is 27.8 Å². The second-order valence-electron chi connectivity index (χ2n) is 14.8. The van der Waals surface area contributed by atoms with Crippen LogP contribution >= 0.6 is 0 Å². The first-order chi connectivity index (χ1) is 27.8. The van der Waals surface area contributed by atoms with Gasteiger partial charge >= 0.3 is 6.03 Å². The Hall–Kier alpha value is -5.99. The van der Waals surface area contributed by atoms with E-state index < -0.39 is 21.9 Å².